The van der Waals surface area contributed by atoms with E-state index in [4.69, 9.17) is 24.0 Å². The van der Waals surface area contributed by atoms with Crippen molar-refractivity contribution >= 4 is 18.3 Å². The average Bonchev–Trinajstić information content (AvgIpc) is 1.59. The van der Waals surface area contributed by atoms with Crippen molar-refractivity contribution in [1.29, 1.82) is 0 Å². The molecular weight excluding hydrogens is 176 g/mol. The van der Waals surface area contributed by atoms with Gasteiger partial charge in [0.05, 0.1) is 0 Å². The molecule has 0 heterocycles. The van der Waals surface area contributed by atoms with Crippen LogP contribution in [0.5, 0.6) is 0 Å². The Bertz CT molecular complexity index is 88.2. The van der Waals surface area contributed by atoms with Crippen LogP contribution >= 0.6 is 0 Å². The van der Waals surface area contributed by atoms with Gasteiger partial charge < -0.3 is 28.4 Å². The molecule has 61 valence electrons. The van der Waals surface area contributed by atoms with Crippen LogP contribution in [-0.2, 0) is 4.43 Å². The average molecular weight is 185 g/mol. The lowest BCUT2D eigenvalue weighted by atomic mass is 10.9. The molecule has 0 aliphatic carbocycles. The maximum atomic E-state index is 8.35. The largest absolute Gasteiger partial charge is 0.571 e. The van der Waals surface area contributed by atoms with E-state index in [-0.39, 0.29) is 12.7 Å². The fourth-order valence-corrected chi connectivity index (χ4v) is 1.14. The Hall–Kier alpha value is 0.194. The zero-order chi connectivity index (χ0) is 8.20. The molecular formula is C2H9O6Si2. The molecule has 0 rings (SSSR count). The molecule has 0 aromatic carbocycles. The minimum Gasteiger partial charge on any atom is -0.390 e. The maximum Gasteiger partial charge on any atom is 0.571 e. The molecule has 0 saturated carbocycles. The molecule has 10 heavy (non-hydrogen) atoms. The summed E-state index contributed by atoms with van der Waals surface area (Å²) in [5, 5.41) is 0. The van der Waals surface area contributed by atoms with E-state index in [0.717, 1.165) is 0 Å². The second-order valence-electron chi connectivity index (χ2n) is 1.66. The molecule has 0 unspecified atom stereocenters. The first kappa shape index (κ1) is 10.2. The van der Waals surface area contributed by atoms with Crippen LogP contribution in [0.15, 0.2) is 0 Å². The Labute approximate surface area is 60.3 Å². The van der Waals surface area contributed by atoms with Crippen molar-refractivity contribution in [3.8, 4) is 0 Å². The van der Waals surface area contributed by atoms with Gasteiger partial charge in [0.2, 0.25) is 0 Å². The molecule has 0 aromatic rings. The lowest BCUT2D eigenvalue weighted by molar-refractivity contribution is 0.173. The van der Waals surface area contributed by atoms with Crippen molar-refractivity contribution in [1.82, 2.24) is 0 Å². The van der Waals surface area contributed by atoms with Crippen LogP contribution < -0.4 is 0 Å². The van der Waals surface area contributed by atoms with Gasteiger partial charge in [-0.25, -0.2) is 0 Å². The Kier molecular flexibility index (Phi) is 4.23. The van der Waals surface area contributed by atoms with Gasteiger partial charge in [0.15, 0.2) is 0 Å². The van der Waals surface area contributed by atoms with Crippen molar-refractivity contribution in [2.24, 2.45) is 0 Å². The van der Waals surface area contributed by atoms with E-state index in [1.54, 1.807) is 0 Å². The molecule has 0 aliphatic heterocycles. The van der Waals surface area contributed by atoms with E-state index < -0.39 is 18.3 Å². The van der Waals surface area contributed by atoms with Crippen molar-refractivity contribution < 1.29 is 28.4 Å². The fourth-order valence-electron chi connectivity index (χ4n) is 0.279. The van der Waals surface area contributed by atoms with Crippen LogP contribution in [0, 0.1) is 0 Å². The minimum atomic E-state index is -4.05. The highest BCUT2D eigenvalue weighted by atomic mass is 28.4. The Morgan fingerprint density at radius 2 is 1.70 bits per heavy atom. The van der Waals surface area contributed by atoms with E-state index in [1.807, 2.05) is 0 Å². The maximum absolute atomic E-state index is 8.35. The van der Waals surface area contributed by atoms with Crippen molar-refractivity contribution in [3.05, 3.63) is 0 Å². The first-order valence-corrected chi connectivity index (χ1v) is 5.82. The van der Waals surface area contributed by atoms with Crippen LogP contribution in [0.2, 0.25) is 6.04 Å². The molecule has 0 bridgehead atoms. The summed E-state index contributed by atoms with van der Waals surface area (Å²) in [6, 6.07) is -0.345. The topological polar surface area (TPSA) is 110 Å². The summed E-state index contributed by atoms with van der Waals surface area (Å²) in [5.74, 6) is 0. The second-order valence-corrected chi connectivity index (χ2v) is 4.56. The van der Waals surface area contributed by atoms with Gasteiger partial charge in [-0.15, -0.1) is 0 Å². The quantitative estimate of drug-likeness (QED) is 0.297. The van der Waals surface area contributed by atoms with Gasteiger partial charge in [0.1, 0.15) is 0 Å². The highest BCUT2D eigenvalue weighted by Gasteiger charge is 2.26. The van der Waals surface area contributed by atoms with E-state index >= 15 is 0 Å². The SMILES string of the molecule is O[Si](O)OCC[Si](O)(O)O. The second kappa shape index (κ2) is 4.15. The van der Waals surface area contributed by atoms with Gasteiger partial charge in [-0.3, -0.25) is 0 Å². The first-order chi connectivity index (χ1) is 4.42. The number of rotatable bonds is 4. The van der Waals surface area contributed by atoms with Gasteiger partial charge in [0, 0.05) is 12.7 Å². The zero-order valence-corrected chi connectivity index (χ0v) is 7.06. The molecule has 1 radical (unpaired) electrons. The first-order valence-electron chi connectivity index (χ1n) is 2.46. The summed E-state index contributed by atoms with van der Waals surface area (Å²) >= 11 is 0. The van der Waals surface area contributed by atoms with Crippen LogP contribution in [0.4, 0.5) is 0 Å². The predicted molar refractivity (Wildman–Crippen MR) is 33.4 cm³/mol. The van der Waals surface area contributed by atoms with Crippen LogP contribution in [0.25, 0.3) is 0 Å². The van der Waals surface area contributed by atoms with Gasteiger partial charge in [-0.1, -0.05) is 0 Å². The van der Waals surface area contributed by atoms with E-state index in [9.17, 15) is 0 Å². The molecule has 0 saturated heterocycles. The van der Waals surface area contributed by atoms with Gasteiger partial charge in [0.25, 0.3) is 0 Å². The molecule has 0 aliphatic rings. The highest BCUT2D eigenvalue weighted by molar-refractivity contribution is 6.56. The summed E-state index contributed by atoms with van der Waals surface area (Å²) in [4.78, 5) is 41.4. The Morgan fingerprint density at radius 1 is 1.20 bits per heavy atom. The van der Waals surface area contributed by atoms with Crippen molar-refractivity contribution in [2.45, 2.75) is 6.04 Å². The molecule has 6 nitrogen and oxygen atoms in total. The van der Waals surface area contributed by atoms with Crippen molar-refractivity contribution in [3.63, 3.8) is 0 Å². The van der Waals surface area contributed by atoms with Gasteiger partial charge >= 0.3 is 18.3 Å². The smallest absolute Gasteiger partial charge is 0.390 e. The summed E-state index contributed by atoms with van der Waals surface area (Å²) in [6.45, 7) is -0.253. The van der Waals surface area contributed by atoms with E-state index in [2.05, 4.69) is 4.43 Å². The molecule has 0 aromatic heterocycles. The molecule has 0 spiro atoms. The van der Waals surface area contributed by atoms with E-state index in [1.165, 1.54) is 0 Å². The summed E-state index contributed by atoms with van der Waals surface area (Å²) < 4.78 is 4.19. The standard InChI is InChI=1S/C2H9O6Si2/c3-9(4)8-1-2-10(5,6)7/h3-7H,1-2H2. The summed E-state index contributed by atoms with van der Waals surface area (Å²) in [7, 11) is -6.82. The third kappa shape index (κ3) is 8.19. The number of hydrogen-bond acceptors (Lipinski definition) is 6. The Morgan fingerprint density at radius 3 is 2.00 bits per heavy atom. The molecule has 5 N–H and O–H groups in total. The third-order valence-corrected chi connectivity index (χ3v) is 2.01. The third-order valence-electron chi connectivity index (χ3n) is 0.669. The van der Waals surface area contributed by atoms with Gasteiger partial charge in [-0.05, 0) is 0 Å². The summed E-state index contributed by atoms with van der Waals surface area (Å²) in [5.41, 5.74) is 0. The molecule has 0 amide bonds. The van der Waals surface area contributed by atoms with Crippen LogP contribution in [-0.4, -0.2) is 48.9 Å². The minimum absolute atomic E-state index is 0.253. The molecule has 0 fully saturated rings. The fraction of sp³-hybridized carbons (Fsp3) is 1.00. The lowest BCUT2D eigenvalue weighted by Gasteiger charge is -2.08. The lowest BCUT2D eigenvalue weighted by Crippen LogP contribution is -2.36. The van der Waals surface area contributed by atoms with Gasteiger partial charge in [-0.2, -0.15) is 0 Å². The normalized spacial score (nSPS) is 12.6. The highest BCUT2D eigenvalue weighted by Crippen LogP contribution is 1.95. The van der Waals surface area contributed by atoms with E-state index in [0.29, 0.717) is 0 Å². The predicted octanol–water partition coefficient (Wildman–Crippen LogP) is -3.11. The molecule has 0 atom stereocenters. The zero-order valence-electron chi connectivity index (χ0n) is 5.06. The number of hydrogen-bond donors (Lipinski definition) is 5. The van der Waals surface area contributed by atoms with Crippen LogP contribution in [0.3, 0.4) is 0 Å². The monoisotopic (exact) mass is 185 g/mol. The molecule has 8 heteroatoms. The van der Waals surface area contributed by atoms with Crippen molar-refractivity contribution in [2.75, 3.05) is 6.61 Å². The van der Waals surface area contributed by atoms with Crippen LogP contribution in [0.1, 0.15) is 0 Å². The Balaban J connectivity index is 3.21. The summed E-state index contributed by atoms with van der Waals surface area (Å²) in [6.07, 6.45) is 0.